The van der Waals surface area contributed by atoms with Gasteiger partial charge < -0.3 is 79.9 Å². The smallest absolute Gasteiger partial charge is 0.305 e. The molecule has 454 valence electrons. The normalized spacial score (nSPS) is 22.5. The van der Waals surface area contributed by atoms with E-state index in [-0.39, 0.29) is 37.9 Å². The average Bonchev–Trinajstić information content (AvgIpc) is 3.46. The van der Waals surface area contributed by atoms with Gasteiger partial charge in [-0.2, -0.15) is 12.6 Å². The fourth-order valence-electron chi connectivity index (χ4n) is 8.56. The summed E-state index contributed by atoms with van der Waals surface area (Å²) in [6, 6.07) is 7.71. The highest BCUT2D eigenvalue weighted by atomic mass is 32.1. The zero-order chi connectivity index (χ0) is 61.4. The molecule has 2 aliphatic heterocycles. The average molecular weight is 1180 g/mol. The van der Waals surface area contributed by atoms with Gasteiger partial charge >= 0.3 is 11.9 Å². The number of carbonyl (C=O) groups is 12. The number of thiol groups is 1. The molecule has 0 spiro atoms. The van der Waals surface area contributed by atoms with E-state index >= 15 is 0 Å². The lowest BCUT2D eigenvalue weighted by Gasteiger charge is -2.26. The summed E-state index contributed by atoms with van der Waals surface area (Å²) in [5, 5.41) is 58.8. The van der Waals surface area contributed by atoms with Gasteiger partial charge in [-0.25, -0.2) is 0 Å². The molecule has 2 aromatic carbocycles. The standard InChI is InChI=1S/C29H43N7O7.C26H36N6O7S/c1-18(31)9-5-6-12-20-26(40)32-17-24(37)33-23(16-25(38)39)29(43)36-22(15-19-10-3-2-4-11-19)28(42)35-21(27(41)34-20)13-7-8-14-30;1-15(27)7-5-6-10-17-23(36)28-13-21(33)29-19(12-22(34)35)25(38)31-18(11-16-8-3-2-4-9-16)24(37)32-20(14-40)26(39)30-17/h2-4,10-11,20-23,31H,5-9,12-17,30H2,1H3,(H,32,40)(H,33,37)(H,34,41)(H,35,42)(H,36,43)(H,38,39);2-4,8-9,17-20,27,40H,5-7,10-14H2,1H3,(H,28,36)(H,29,33)(H,30,39)(H,31,38)(H,32,37)(H,34,35)/t20-,21-,22+,23-;17-,18+,19-,20-/m00/s1. The number of benzene rings is 2. The topological polar surface area (TPSA) is 439 Å². The molecule has 10 amide bonds. The summed E-state index contributed by atoms with van der Waals surface area (Å²) >= 11 is 4.18. The Bertz CT molecular complexity index is 2600. The largest absolute Gasteiger partial charge is 0.481 e. The molecule has 16 N–H and O–H groups in total. The second-order valence-electron chi connectivity index (χ2n) is 20.1. The Morgan fingerprint density at radius 2 is 0.771 bits per heavy atom. The summed E-state index contributed by atoms with van der Waals surface area (Å²) < 4.78 is 0. The van der Waals surface area contributed by atoms with E-state index in [2.05, 4.69) is 65.8 Å². The van der Waals surface area contributed by atoms with Crippen LogP contribution in [0.15, 0.2) is 60.7 Å². The maximum absolute atomic E-state index is 13.6. The van der Waals surface area contributed by atoms with Crippen LogP contribution in [-0.2, 0) is 70.4 Å². The second kappa shape index (κ2) is 37.0. The van der Waals surface area contributed by atoms with Crippen LogP contribution in [0, 0.1) is 10.8 Å². The third-order valence-electron chi connectivity index (χ3n) is 13.0. The number of hydrogen-bond acceptors (Lipinski definition) is 16. The molecule has 0 bridgehead atoms. The molecule has 0 radical (unpaired) electrons. The Kier molecular flexibility index (Phi) is 30.7. The van der Waals surface area contributed by atoms with Crippen molar-refractivity contribution in [2.24, 2.45) is 5.73 Å². The summed E-state index contributed by atoms with van der Waals surface area (Å²) in [6.45, 7) is 2.57. The van der Waals surface area contributed by atoms with Crippen LogP contribution in [0.4, 0.5) is 0 Å². The zero-order valence-electron chi connectivity index (χ0n) is 46.6. The number of amides is 10. The van der Waals surface area contributed by atoms with Crippen molar-refractivity contribution in [2.75, 3.05) is 25.4 Å². The van der Waals surface area contributed by atoms with Crippen molar-refractivity contribution in [3.05, 3.63) is 71.8 Å². The molecule has 2 heterocycles. The van der Waals surface area contributed by atoms with E-state index in [9.17, 15) is 67.7 Å². The summed E-state index contributed by atoms with van der Waals surface area (Å²) in [5.41, 5.74) is 7.97. The van der Waals surface area contributed by atoms with E-state index in [4.69, 9.17) is 16.6 Å². The third-order valence-corrected chi connectivity index (χ3v) is 13.4. The summed E-state index contributed by atoms with van der Waals surface area (Å²) in [6.07, 6.45) is 3.50. The fraction of sp³-hybridized carbons (Fsp3) is 0.527. The molecular formula is C55H79N13O14S. The van der Waals surface area contributed by atoms with Crippen molar-refractivity contribution in [2.45, 2.75) is 158 Å². The van der Waals surface area contributed by atoms with E-state index < -0.39 is 145 Å². The van der Waals surface area contributed by atoms with E-state index in [1.54, 1.807) is 74.5 Å². The van der Waals surface area contributed by atoms with Crippen LogP contribution in [0.3, 0.4) is 0 Å². The van der Waals surface area contributed by atoms with Gasteiger partial charge in [-0.05, 0) is 89.3 Å². The quantitative estimate of drug-likeness (QED) is 0.0353. The predicted octanol–water partition coefficient (Wildman–Crippen LogP) is -1.20. The zero-order valence-corrected chi connectivity index (χ0v) is 47.5. The first-order valence-electron chi connectivity index (χ1n) is 27.4. The highest BCUT2D eigenvalue weighted by molar-refractivity contribution is 7.80. The van der Waals surface area contributed by atoms with Gasteiger partial charge in [0.05, 0.1) is 25.9 Å². The monoisotopic (exact) mass is 1180 g/mol. The van der Waals surface area contributed by atoms with Crippen LogP contribution >= 0.6 is 12.6 Å². The van der Waals surface area contributed by atoms with Gasteiger partial charge in [-0.15, -0.1) is 0 Å². The van der Waals surface area contributed by atoms with Crippen LogP contribution in [0.5, 0.6) is 0 Å². The summed E-state index contributed by atoms with van der Waals surface area (Å²) in [7, 11) is 0. The van der Waals surface area contributed by atoms with E-state index in [1.165, 1.54) is 0 Å². The predicted molar refractivity (Wildman–Crippen MR) is 307 cm³/mol. The van der Waals surface area contributed by atoms with Crippen LogP contribution in [0.2, 0.25) is 0 Å². The number of unbranched alkanes of at least 4 members (excludes halogenated alkanes) is 3. The number of carboxylic acid groups (broad SMARTS) is 2. The number of rotatable bonds is 23. The molecule has 0 saturated carbocycles. The Balaban J connectivity index is 0.000000436. The van der Waals surface area contributed by atoms with Gasteiger partial charge in [-0.3, -0.25) is 57.5 Å². The van der Waals surface area contributed by atoms with Crippen LogP contribution in [0.1, 0.15) is 108 Å². The van der Waals surface area contributed by atoms with E-state index in [0.717, 1.165) is 0 Å². The minimum Gasteiger partial charge on any atom is -0.481 e. The molecule has 2 fully saturated rings. The second-order valence-corrected chi connectivity index (χ2v) is 20.5. The molecule has 0 unspecified atom stereocenters. The van der Waals surface area contributed by atoms with Gasteiger partial charge in [0.25, 0.3) is 0 Å². The first-order valence-corrected chi connectivity index (χ1v) is 28.0. The Morgan fingerprint density at radius 3 is 1.12 bits per heavy atom. The molecule has 83 heavy (non-hydrogen) atoms. The Hall–Kier alpha value is -8.27. The molecule has 27 nitrogen and oxygen atoms in total. The lowest BCUT2D eigenvalue weighted by molar-refractivity contribution is -0.141. The van der Waals surface area contributed by atoms with Gasteiger partial charge in [0.1, 0.15) is 48.3 Å². The first-order chi connectivity index (χ1) is 39.5. The first kappa shape index (κ1) is 69.0. The number of aliphatic carboxylic acids is 2. The SMILES string of the molecule is CC(=N)CCCC[C@@H]1NC(=O)[C@H](CCCCN)NC(=O)[C@@H](Cc2ccccc2)NC(=O)[C@H](CC(=O)O)NC(=O)CNC1=O.CC(=N)CCCC[C@@H]1NC(=O)[C@H](CS)NC(=O)[C@@H](Cc2ccccc2)NC(=O)[C@H](CC(=O)O)NC(=O)CNC1=O. The maximum atomic E-state index is 13.6. The molecular weight excluding hydrogens is 1100 g/mol. The van der Waals surface area contributed by atoms with E-state index in [0.29, 0.717) is 80.5 Å². The fourth-order valence-corrected chi connectivity index (χ4v) is 8.82. The lowest BCUT2D eigenvalue weighted by atomic mass is 10.0. The van der Waals surface area contributed by atoms with Crippen molar-refractivity contribution in [1.29, 1.82) is 10.8 Å². The van der Waals surface area contributed by atoms with Gasteiger partial charge in [0.2, 0.25) is 59.1 Å². The van der Waals surface area contributed by atoms with Crippen LogP contribution in [0.25, 0.3) is 0 Å². The highest BCUT2D eigenvalue weighted by Crippen LogP contribution is 2.12. The molecule has 0 aliphatic carbocycles. The molecule has 4 rings (SSSR count). The van der Waals surface area contributed by atoms with Crippen molar-refractivity contribution in [1.82, 2.24) is 53.2 Å². The maximum Gasteiger partial charge on any atom is 0.305 e. The Morgan fingerprint density at radius 1 is 0.458 bits per heavy atom. The Labute approximate surface area is 486 Å². The number of carboxylic acids is 2. The van der Waals surface area contributed by atoms with Gasteiger partial charge in [-0.1, -0.05) is 73.5 Å². The van der Waals surface area contributed by atoms with Crippen molar-refractivity contribution >= 4 is 95.1 Å². The number of hydrogen-bond donors (Lipinski definition) is 16. The van der Waals surface area contributed by atoms with Gasteiger partial charge in [0.15, 0.2) is 0 Å². The van der Waals surface area contributed by atoms with Crippen molar-refractivity contribution in [3.63, 3.8) is 0 Å². The molecule has 0 aromatic heterocycles. The molecule has 2 aliphatic rings. The minimum atomic E-state index is -1.53. The highest BCUT2D eigenvalue weighted by Gasteiger charge is 2.35. The third kappa shape index (κ3) is 26.9. The summed E-state index contributed by atoms with van der Waals surface area (Å²) in [5.74, 6) is -10.4. The number of carbonyl (C=O) groups excluding carboxylic acids is 10. The van der Waals surface area contributed by atoms with Crippen molar-refractivity contribution in [3.8, 4) is 0 Å². The minimum absolute atomic E-state index is 0.0160. The number of nitrogens with two attached hydrogens (primary N) is 1. The van der Waals surface area contributed by atoms with Crippen LogP contribution < -0.4 is 58.9 Å². The molecule has 2 saturated heterocycles. The lowest BCUT2D eigenvalue weighted by Crippen LogP contribution is -2.58. The van der Waals surface area contributed by atoms with Crippen molar-refractivity contribution < 1.29 is 67.7 Å². The van der Waals surface area contributed by atoms with Crippen LogP contribution in [-0.4, -0.2) is 166 Å². The molecule has 28 heteroatoms. The molecule has 2 aromatic rings. The van der Waals surface area contributed by atoms with Gasteiger partial charge in [0, 0.05) is 30.0 Å². The number of nitrogens with one attached hydrogen (secondary N) is 12. The molecule has 8 atom stereocenters. The van der Waals surface area contributed by atoms with E-state index in [1.807, 2.05) is 0 Å². The summed E-state index contributed by atoms with van der Waals surface area (Å²) in [4.78, 5) is 154.